The second-order valence-electron chi connectivity index (χ2n) is 2.85. The summed E-state index contributed by atoms with van der Waals surface area (Å²) in [6.45, 7) is 1.37. The number of hydrogen-bond acceptors (Lipinski definition) is 3. The molecule has 5 heteroatoms. The summed E-state index contributed by atoms with van der Waals surface area (Å²) in [6.07, 6.45) is 1.48. The smallest absolute Gasteiger partial charge is 0.328 e. The van der Waals surface area contributed by atoms with Crippen molar-refractivity contribution in [2.24, 2.45) is 5.73 Å². The van der Waals surface area contributed by atoms with Gasteiger partial charge in [0.15, 0.2) is 0 Å². The molecule has 3 N–H and O–H groups in total. The predicted octanol–water partition coefficient (Wildman–Crippen LogP) is 0.993. The Kier molecular flexibility index (Phi) is 2.54. The highest BCUT2D eigenvalue weighted by Crippen LogP contribution is 2.23. The van der Waals surface area contributed by atoms with Crippen molar-refractivity contribution < 1.29 is 9.90 Å². The monoisotopic (exact) mass is 200 g/mol. The highest BCUT2D eigenvalue weighted by Gasteiger charge is 2.32. The van der Waals surface area contributed by atoms with E-state index >= 15 is 0 Å². The summed E-state index contributed by atoms with van der Waals surface area (Å²) in [6, 6.07) is 3.14. The minimum atomic E-state index is -1.49. The van der Waals surface area contributed by atoms with Gasteiger partial charge in [0.1, 0.15) is 10.7 Å². The van der Waals surface area contributed by atoms with Crippen LogP contribution in [0.5, 0.6) is 0 Å². The highest BCUT2D eigenvalue weighted by atomic mass is 35.5. The minimum absolute atomic E-state index is 0.120. The van der Waals surface area contributed by atoms with E-state index in [1.165, 1.54) is 13.1 Å². The summed E-state index contributed by atoms with van der Waals surface area (Å²) in [5.41, 5.74) is 4.37. The second kappa shape index (κ2) is 3.32. The van der Waals surface area contributed by atoms with Crippen LogP contribution in [0.1, 0.15) is 12.5 Å². The van der Waals surface area contributed by atoms with E-state index in [2.05, 4.69) is 4.98 Å². The van der Waals surface area contributed by atoms with Gasteiger partial charge in [-0.2, -0.15) is 0 Å². The van der Waals surface area contributed by atoms with E-state index in [0.717, 1.165) is 0 Å². The van der Waals surface area contributed by atoms with E-state index in [0.29, 0.717) is 5.56 Å². The van der Waals surface area contributed by atoms with Gasteiger partial charge in [0, 0.05) is 11.8 Å². The van der Waals surface area contributed by atoms with E-state index in [4.69, 9.17) is 22.4 Å². The van der Waals surface area contributed by atoms with Crippen LogP contribution in [-0.2, 0) is 10.3 Å². The molecule has 4 nitrogen and oxygen atoms in total. The molecule has 0 saturated heterocycles. The van der Waals surface area contributed by atoms with E-state index < -0.39 is 11.5 Å². The number of nitrogens with zero attached hydrogens (tertiary/aromatic N) is 1. The van der Waals surface area contributed by atoms with Crippen LogP contribution >= 0.6 is 11.6 Å². The van der Waals surface area contributed by atoms with Gasteiger partial charge in [-0.25, -0.2) is 9.78 Å². The molecule has 13 heavy (non-hydrogen) atoms. The minimum Gasteiger partial charge on any atom is -0.480 e. The van der Waals surface area contributed by atoms with Crippen molar-refractivity contribution in [3.63, 3.8) is 0 Å². The molecule has 0 bridgehead atoms. The number of aliphatic carboxylic acids is 1. The number of rotatable bonds is 2. The Labute approximate surface area is 80.3 Å². The van der Waals surface area contributed by atoms with Crippen LogP contribution in [0.2, 0.25) is 5.15 Å². The summed E-state index contributed by atoms with van der Waals surface area (Å²) in [4.78, 5) is 14.5. The summed E-state index contributed by atoms with van der Waals surface area (Å²) in [7, 11) is 0. The lowest BCUT2D eigenvalue weighted by atomic mass is 9.95. The van der Waals surface area contributed by atoms with Gasteiger partial charge in [-0.05, 0) is 13.0 Å². The van der Waals surface area contributed by atoms with Crippen molar-refractivity contribution >= 4 is 17.6 Å². The van der Waals surface area contributed by atoms with Gasteiger partial charge in [-0.1, -0.05) is 17.7 Å². The molecule has 0 aromatic carbocycles. The van der Waals surface area contributed by atoms with Gasteiger partial charge in [-0.3, -0.25) is 0 Å². The first-order valence-electron chi connectivity index (χ1n) is 3.59. The van der Waals surface area contributed by atoms with Crippen LogP contribution < -0.4 is 5.73 Å². The van der Waals surface area contributed by atoms with Crippen LogP contribution in [0.25, 0.3) is 0 Å². The number of aromatic nitrogens is 1. The second-order valence-corrected chi connectivity index (χ2v) is 3.21. The quantitative estimate of drug-likeness (QED) is 0.699. The van der Waals surface area contributed by atoms with Crippen LogP contribution in [0.3, 0.4) is 0 Å². The molecule has 0 amide bonds. The van der Waals surface area contributed by atoms with E-state index in [1.807, 2.05) is 0 Å². The van der Waals surface area contributed by atoms with Crippen molar-refractivity contribution in [3.8, 4) is 0 Å². The Morgan fingerprint density at radius 1 is 1.77 bits per heavy atom. The topological polar surface area (TPSA) is 76.2 Å². The molecule has 0 aliphatic heterocycles. The Bertz CT molecular complexity index is 339. The average molecular weight is 201 g/mol. The van der Waals surface area contributed by atoms with Gasteiger partial charge in [-0.15, -0.1) is 0 Å². The molecular formula is C8H9ClN2O2. The normalized spacial score (nSPS) is 15.0. The molecule has 1 heterocycles. The largest absolute Gasteiger partial charge is 0.480 e. The lowest BCUT2D eigenvalue weighted by Crippen LogP contribution is -2.42. The fourth-order valence-corrected chi connectivity index (χ4v) is 1.20. The van der Waals surface area contributed by atoms with Gasteiger partial charge in [0.05, 0.1) is 0 Å². The van der Waals surface area contributed by atoms with Gasteiger partial charge in [0.2, 0.25) is 0 Å². The first-order valence-corrected chi connectivity index (χ1v) is 3.97. The lowest BCUT2D eigenvalue weighted by Gasteiger charge is -2.19. The SMILES string of the molecule is C[C@](N)(C(=O)O)c1cccnc1Cl. The Morgan fingerprint density at radius 2 is 2.38 bits per heavy atom. The zero-order valence-corrected chi connectivity index (χ0v) is 7.75. The number of carboxylic acid groups (broad SMARTS) is 1. The lowest BCUT2D eigenvalue weighted by molar-refractivity contribution is -0.143. The Balaban J connectivity index is 3.22. The third-order valence-corrected chi connectivity index (χ3v) is 2.06. The molecule has 1 aromatic rings. The molecule has 0 spiro atoms. The zero-order chi connectivity index (χ0) is 10.1. The molecule has 1 rings (SSSR count). The summed E-state index contributed by atoms with van der Waals surface area (Å²) < 4.78 is 0. The van der Waals surface area contributed by atoms with Crippen LogP contribution in [0.4, 0.5) is 0 Å². The third kappa shape index (κ3) is 1.79. The van der Waals surface area contributed by atoms with E-state index in [1.54, 1.807) is 12.1 Å². The van der Waals surface area contributed by atoms with E-state index in [9.17, 15) is 4.79 Å². The Morgan fingerprint density at radius 3 is 2.85 bits per heavy atom. The molecule has 0 radical (unpaired) electrons. The highest BCUT2D eigenvalue weighted by molar-refractivity contribution is 6.30. The first-order chi connectivity index (χ1) is 5.96. The average Bonchev–Trinajstić information content (AvgIpc) is 2.04. The fraction of sp³-hybridized carbons (Fsp3) is 0.250. The maximum absolute atomic E-state index is 10.8. The first kappa shape index (κ1) is 9.95. The van der Waals surface area contributed by atoms with Crippen molar-refractivity contribution in [1.82, 2.24) is 4.98 Å². The molecule has 0 unspecified atom stereocenters. The van der Waals surface area contributed by atoms with Crippen molar-refractivity contribution in [1.29, 1.82) is 0 Å². The number of hydrogen-bond donors (Lipinski definition) is 2. The van der Waals surface area contributed by atoms with Gasteiger partial charge in [0.25, 0.3) is 0 Å². The molecule has 70 valence electrons. The van der Waals surface area contributed by atoms with Crippen LogP contribution in [-0.4, -0.2) is 16.1 Å². The number of pyridine rings is 1. The van der Waals surface area contributed by atoms with Gasteiger partial charge < -0.3 is 10.8 Å². The predicted molar refractivity (Wildman–Crippen MR) is 48.4 cm³/mol. The maximum atomic E-state index is 10.8. The zero-order valence-electron chi connectivity index (χ0n) is 6.99. The number of carboxylic acids is 1. The summed E-state index contributed by atoms with van der Waals surface area (Å²) in [5.74, 6) is -1.14. The van der Waals surface area contributed by atoms with Crippen molar-refractivity contribution in [2.45, 2.75) is 12.5 Å². The molecule has 0 aliphatic carbocycles. The fourth-order valence-electron chi connectivity index (χ4n) is 0.889. The standard InChI is InChI=1S/C8H9ClN2O2/c1-8(10,7(12)13)5-3-2-4-11-6(5)9/h2-4H,10H2,1H3,(H,12,13)/t8-/m1/s1. The maximum Gasteiger partial charge on any atom is 0.328 e. The Hall–Kier alpha value is -1.13. The van der Waals surface area contributed by atoms with Crippen LogP contribution in [0.15, 0.2) is 18.3 Å². The van der Waals surface area contributed by atoms with Gasteiger partial charge >= 0.3 is 5.97 Å². The van der Waals surface area contributed by atoms with Crippen molar-refractivity contribution in [2.75, 3.05) is 0 Å². The van der Waals surface area contributed by atoms with E-state index in [-0.39, 0.29) is 5.15 Å². The molecule has 1 atom stereocenters. The molecule has 0 fully saturated rings. The number of halogens is 1. The third-order valence-electron chi connectivity index (χ3n) is 1.76. The number of nitrogens with two attached hydrogens (primary N) is 1. The molecule has 1 aromatic heterocycles. The van der Waals surface area contributed by atoms with Crippen LogP contribution in [0, 0.1) is 0 Å². The van der Waals surface area contributed by atoms with Crippen molar-refractivity contribution in [3.05, 3.63) is 29.0 Å². The molecule has 0 aliphatic rings. The summed E-state index contributed by atoms with van der Waals surface area (Å²) >= 11 is 5.70. The molecule has 0 saturated carbocycles. The summed E-state index contributed by atoms with van der Waals surface area (Å²) in [5, 5.41) is 8.93. The number of carbonyl (C=O) groups is 1. The molecular weight excluding hydrogens is 192 g/mol.